The quantitative estimate of drug-likeness (QED) is 0.711. The molecule has 1 amide bonds. The van der Waals surface area contributed by atoms with Crippen molar-refractivity contribution in [1.82, 2.24) is 4.90 Å². The van der Waals surface area contributed by atoms with Crippen LogP contribution in [0, 0.1) is 0 Å². The van der Waals surface area contributed by atoms with Crippen LogP contribution in [0.1, 0.15) is 18.1 Å². The van der Waals surface area contributed by atoms with Gasteiger partial charge in [0.05, 0.1) is 5.02 Å². The van der Waals surface area contributed by atoms with Crippen molar-refractivity contribution in [2.75, 3.05) is 26.6 Å². The van der Waals surface area contributed by atoms with Gasteiger partial charge in [-0.25, -0.2) is 0 Å². The Kier molecular flexibility index (Phi) is 5.30. The molecule has 2 heterocycles. The number of carbonyl (C=O) groups is 1. The third kappa shape index (κ3) is 3.87. The number of rotatable bonds is 5. The Morgan fingerprint density at radius 3 is 2.75 bits per heavy atom. The fourth-order valence-electron chi connectivity index (χ4n) is 3.11. The Balaban J connectivity index is 1.46. The SMILES string of the molecule is CCN(Cc1ccc2c(c1)OCO2)C(=O)/C=C/c1cc(Cl)c2c(c1)OCCO2. The van der Waals surface area contributed by atoms with Gasteiger partial charge in [0, 0.05) is 19.2 Å². The van der Waals surface area contributed by atoms with Gasteiger partial charge in [0.1, 0.15) is 13.2 Å². The summed E-state index contributed by atoms with van der Waals surface area (Å²) in [6.45, 7) is 4.20. The number of benzene rings is 2. The second-order valence-corrected chi connectivity index (χ2v) is 6.81. The molecule has 2 aromatic rings. The van der Waals surface area contributed by atoms with E-state index in [1.165, 1.54) is 6.08 Å². The van der Waals surface area contributed by atoms with Crippen molar-refractivity contribution in [1.29, 1.82) is 0 Å². The molecule has 0 aliphatic carbocycles. The van der Waals surface area contributed by atoms with Crippen molar-refractivity contribution in [2.24, 2.45) is 0 Å². The normalized spacial score (nSPS) is 14.4. The Labute approximate surface area is 168 Å². The van der Waals surface area contributed by atoms with Crippen LogP contribution in [0.4, 0.5) is 0 Å². The van der Waals surface area contributed by atoms with Gasteiger partial charge in [0.15, 0.2) is 23.0 Å². The number of amides is 1. The summed E-state index contributed by atoms with van der Waals surface area (Å²) in [6.07, 6.45) is 3.27. The molecule has 0 aromatic heterocycles. The minimum atomic E-state index is -0.0915. The zero-order valence-corrected chi connectivity index (χ0v) is 16.2. The molecule has 0 spiro atoms. The van der Waals surface area contributed by atoms with E-state index in [2.05, 4.69) is 0 Å². The van der Waals surface area contributed by atoms with Gasteiger partial charge in [0.2, 0.25) is 12.7 Å². The maximum atomic E-state index is 12.7. The van der Waals surface area contributed by atoms with Gasteiger partial charge in [0.25, 0.3) is 0 Å². The lowest BCUT2D eigenvalue weighted by Gasteiger charge is -2.20. The van der Waals surface area contributed by atoms with Crippen molar-refractivity contribution in [3.05, 3.63) is 52.6 Å². The molecule has 28 heavy (non-hydrogen) atoms. The summed E-state index contributed by atoms with van der Waals surface area (Å²) in [5, 5.41) is 0.469. The van der Waals surface area contributed by atoms with Gasteiger partial charge < -0.3 is 23.8 Å². The predicted octanol–water partition coefficient (Wildman–Crippen LogP) is 3.90. The molecule has 0 bridgehead atoms. The number of hydrogen-bond acceptors (Lipinski definition) is 5. The minimum Gasteiger partial charge on any atom is -0.486 e. The molecule has 146 valence electrons. The van der Waals surface area contributed by atoms with Crippen LogP contribution < -0.4 is 18.9 Å². The highest BCUT2D eigenvalue weighted by Gasteiger charge is 2.17. The number of carbonyl (C=O) groups excluding carboxylic acids is 1. The molecular formula is C21H20ClNO5. The molecule has 0 saturated heterocycles. The zero-order chi connectivity index (χ0) is 19.5. The van der Waals surface area contributed by atoms with Crippen LogP contribution in [0.15, 0.2) is 36.4 Å². The van der Waals surface area contributed by atoms with Crippen LogP contribution >= 0.6 is 11.6 Å². The van der Waals surface area contributed by atoms with E-state index in [4.69, 9.17) is 30.5 Å². The van der Waals surface area contributed by atoms with E-state index in [9.17, 15) is 4.79 Å². The Morgan fingerprint density at radius 1 is 1.07 bits per heavy atom. The largest absolute Gasteiger partial charge is 0.486 e. The molecular weight excluding hydrogens is 382 g/mol. The maximum Gasteiger partial charge on any atom is 0.246 e. The summed E-state index contributed by atoms with van der Waals surface area (Å²) in [5.74, 6) is 2.50. The molecule has 0 fully saturated rings. The highest BCUT2D eigenvalue weighted by atomic mass is 35.5. The molecule has 0 radical (unpaired) electrons. The van der Waals surface area contributed by atoms with Crippen molar-refractivity contribution < 1.29 is 23.7 Å². The van der Waals surface area contributed by atoms with Gasteiger partial charge in [-0.2, -0.15) is 0 Å². The van der Waals surface area contributed by atoms with Crippen molar-refractivity contribution in [2.45, 2.75) is 13.5 Å². The summed E-state index contributed by atoms with van der Waals surface area (Å²) in [6, 6.07) is 9.28. The van der Waals surface area contributed by atoms with Gasteiger partial charge in [-0.1, -0.05) is 17.7 Å². The van der Waals surface area contributed by atoms with E-state index in [1.807, 2.05) is 31.2 Å². The summed E-state index contributed by atoms with van der Waals surface area (Å²) < 4.78 is 21.8. The highest BCUT2D eigenvalue weighted by Crippen LogP contribution is 2.38. The van der Waals surface area contributed by atoms with E-state index in [0.717, 1.165) is 16.9 Å². The average Bonchev–Trinajstić information content (AvgIpc) is 3.18. The second-order valence-electron chi connectivity index (χ2n) is 6.40. The molecule has 0 saturated carbocycles. The first-order chi connectivity index (χ1) is 13.6. The standard InChI is InChI=1S/C21H20ClNO5/c1-2-23(12-15-3-5-17-18(11-15)28-13-27-17)20(24)6-4-14-9-16(22)21-19(10-14)25-7-8-26-21/h3-6,9-11H,2,7-8,12-13H2,1H3/b6-4+. The maximum absolute atomic E-state index is 12.7. The van der Waals surface area contributed by atoms with Gasteiger partial charge in [-0.15, -0.1) is 0 Å². The lowest BCUT2D eigenvalue weighted by Crippen LogP contribution is -2.28. The third-order valence-electron chi connectivity index (χ3n) is 4.54. The van der Waals surface area contributed by atoms with E-state index in [1.54, 1.807) is 17.0 Å². The van der Waals surface area contributed by atoms with Crippen LogP contribution in [0.25, 0.3) is 6.08 Å². The number of hydrogen-bond donors (Lipinski definition) is 0. The van der Waals surface area contributed by atoms with Crippen LogP contribution in [0.2, 0.25) is 5.02 Å². The minimum absolute atomic E-state index is 0.0915. The molecule has 7 heteroatoms. The Morgan fingerprint density at radius 2 is 1.89 bits per heavy atom. The van der Waals surface area contributed by atoms with Crippen molar-refractivity contribution in [3.63, 3.8) is 0 Å². The van der Waals surface area contributed by atoms with Crippen LogP contribution in [-0.2, 0) is 11.3 Å². The zero-order valence-electron chi connectivity index (χ0n) is 15.4. The molecule has 2 aliphatic rings. The predicted molar refractivity (Wildman–Crippen MR) is 105 cm³/mol. The number of ether oxygens (including phenoxy) is 4. The number of fused-ring (bicyclic) bond motifs is 2. The molecule has 4 rings (SSSR count). The summed E-state index contributed by atoms with van der Waals surface area (Å²) in [7, 11) is 0. The topological polar surface area (TPSA) is 57.2 Å². The van der Waals surface area contributed by atoms with Crippen LogP contribution in [-0.4, -0.2) is 37.4 Å². The Hall–Kier alpha value is -2.86. The molecule has 0 unspecified atom stereocenters. The number of likely N-dealkylation sites (N-methyl/N-ethyl adjacent to an activating group) is 1. The fraction of sp³-hybridized carbons (Fsp3) is 0.286. The average molecular weight is 402 g/mol. The van der Waals surface area contributed by atoms with Crippen molar-refractivity contribution in [3.8, 4) is 23.0 Å². The summed E-state index contributed by atoms with van der Waals surface area (Å²) in [5.41, 5.74) is 1.76. The Bertz CT molecular complexity index is 927. The fourth-order valence-corrected chi connectivity index (χ4v) is 3.38. The van der Waals surface area contributed by atoms with Gasteiger partial charge in [-0.05, 0) is 48.4 Å². The van der Waals surface area contributed by atoms with Crippen molar-refractivity contribution >= 4 is 23.6 Å². The molecule has 6 nitrogen and oxygen atoms in total. The van der Waals surface area contributed by atoms with E-state index < -0.39 is 0 Å². The summed E-state index contributed by atoms with van der Waals surface area (Å²) in [4.78, 5) is 14.4. The second kappa shape index (κ2) is 8.02. The third-order valence-corrected chi connectivity index (χ3v) is 4.82. The van der Waals surface area contributed by atoms with E-state index in [0.29, 0.717) is 48.6 Å². The lowest BCUT2D eigenvalue weighted by molar-refractivity contribution is -0.126. The van der Waals surface area contributed by atoms with E-state index in [-0.39, 0.29) is 12.7 Å². The van der Waals surface area contributed by atoms with E-state index >= 15 is 0 Å². The van der Waals surface area contributed by atoms with Crippen LogP contribution in [0.3, 0.4) is 0 Å². The van der Waals surface area contributed by atoms with Gasteiger partial charge in [-0.3, -0.25) is 4.79 Å². The molecule has 0 N–H and O–H groups in total. The first-order valence-corrected chi connectivity index (χ1v) is 9.46. The first-order valence-electron chi connectivity index (χ1n) is 9.08. The molecule has 2 aromatic carbocycles. The first kappa shape index (κ1) is 18.5. The smallest absolute Gasteiger partial charge is 0.246 e. The summed E-state index contributed by atoms with van der Waals surface area (Å²) >= 11 is 6.25. The number of nitrogens with zero attached hydrogens (tertiary/aromatic N) is 1. The monoisotopic (exact) mass is 401 g/mol. The molecule has 0 atom stereocenters. The lowest BCUT2D eigenvalue weighted by atomic mass is 10.1. The highest BCUT2D eigenvalue weighted by molar-refractivity contribution is 6.32. The van der Waals surface area contributed by atoms with Gasteiger partial charge >= 0.3 is 0 Å². The molecule has 2 aliphatic heterocycles. The van der Waals surface area contributed by atoms with Crippen LogP contribution in [0.5, 0.6) is 23.0 Å². The number of halogens is 1.